The number of rotatable bonds is 40. The van der Waals surface area contributed by atoms with Crippen LogP contribution in [0.1, 0.15) is 183 Å². The number of carbonyl (C=O) groups is 14. The summed E-state index contributed by atoms with van der Waals surface area (Å²) in [5.74, 6) is 12.5. The molecule has 14 rings (SSSR count). The monoisotopic (exact) mass is 2060 g/mol. The van der Waals surface area contributed by atoms with Crippen LogP contribution >= 0.6 is 23.5 Å². The number of aliphatic carboxylic acids is 4. The van der Waals surface area contributed by atoms with Crippen molar-refractivity contribution in [2.24, 2.45) is 33.5 Å². The van der Waals surface area contributed by atoms with Gasteiger partial charge in [0, 0.05) is 141 Å². The number of carboxylic acids is 4. The van der Waals surface area contributed by atoms with E-state index in [9.17, 15) is 77.3 Å². The molecule has 4 heterocycles. The van der Waals surface area contributed by atoms with Crippen LogP contribution < -0.4 is 54.0 Å². The van der Waals surface area contributed by atoms with E-state index in [0.29, 0.717) is 63.3 Å². The zero-order valence-electron chi connectivity index (χ0n) is 82.0. The molecule has 8 aromatic carbocycles. The van der Waals surface area contributed by atoms with Crippen LogP contribution in [-0.4, -0.2) is 196 Å². The number of nitrogens with two attached hydrogens (primary N) is 2. The van der Waals surface area contributed by atoms with E-state index in [-0.39, 0.29) is 50.4 Å². The first-order valence-corrected chi connectivity index (χ1v) is 49.8. The SMILES string of the molecule is CC1Cc2ccc3ccccc3c2/C1=C1/c2cc(C#CCCN=[N+]=[N-])ccc2Sc2ccc(C#CCCn3cc(CCC(=O)N[C@@H](CC(=O)O)C(=O)NCC(=O)N[C@@H](CCC(=O)O)C(=O)N[C@@H](C)C(N)=O)nn3)cc21.C[C@H](NC(=O)[C@H](CCC(=O)O)NC(=O)CNC(=O)[C@H](CC(=O)O)NC(=O)CCc1cn(CCC#Cc2ccc3c(c2)/C(=C2/c4c(ccc5ccccc45)C[C@H]2C)c2cc(C#CCCN=[N+]=[N-])ccc2S3)nn1)C(N)=O. The summed E-state index contributed by atoms with van der Waals surface area (Å²) >= 11 is 3.43. The Bertz CT molecular complexity index is 7040. The zero-order valence-corrected chi connectivity index (χ0v) is 83.7. The van der Waals surface area contributed by atoms with Gasteiger partial charge in [-0.3, -0.25) is 76.5 Å². The molecule has 16 N–H and O–H groups in total. The average Bonchev–Trinajstić information content (AvgIpc) is 1.57. The number of aryl methyl sites for hydroxylation is 4. The van der Waals surface area contributed by atoms with Crippen LogP contribution in [0.5, 0.6) is 0 Å². The van der Waals surface area contributed by atoms with Crippen LogP contribution in [0.15, 0.2) is 188 Å². The van der Waals surface area contributed by atoms with Gasteiger partial charge >= 0.3 is 23.9 Å². The molecule has 768 valence electrons. The van der Waals surface area contributed by atoms with Crippen LogP contribution in [0.4, 0.5) is 0 Å². The van der Waals surface area contributed by atoms with Gasteiger partial charge in [0.15, 0.2) is 0 Å². The molecule has 40 nitrogen and oxygen atoms in total. The molecule has 4 aliphatic rings. The third kappa shape index (κ3) is 29.8. The predicted octanol–water partition coefficient (Wildman–Crippen LogP) is 9.78. The van der Waals surface area contributed by atoms with E-state index in [1.165, 1.54) is 68.8 Å². The summed E-state index contributed by atoms with van der Waals surface area (Å²) in [6.07, 6.45) is 3.43. The van der Waals surface area contributed by atoms with Gasteiger partial charge in [0.1, 0.15) is 36.3 Å². The first-order valence-electron chi connectivity index (χ1n) is 48.1. The number of primary amides is 2. The van der Waals surface area contributed by atoms with Crippen molar-refractivity contribution in [1.82, 2.24) is 72.5 Å². The Morgan fingerprint density at radius 1 is 0.433 bits per heavy atom. The Balaban J connectivity index is 0.000000250. The summed E-state index contributed by atoms with van der Waals surface area (Å²) in [6.45, 7) is 7.06. The number of hydrogen-bond acceptors (Lipinski definition) is 22. The number of aromatic nitrogens is 6. The molecule has 10 aromatic rings. The van der Waals surface area contributed by atoms with Gasteiger partial charge in [-0.2, -0.15) is 0 Å². The second kappa shape index (κ2) is 52.3. The second-order valence-electron chi connectivity index (χ2n) is 35.8. The molecule has 150 heavy (non-hydrogen) atoms. The zero-order chi connectivity index (χ0) is 107. The lowest BCUT2D eigenvalue weighted by molar-refractivity contribution is -0.141. The van der Waals surface area contributed by atoms with E-state index in [0.717, 1.165) is 88.1 Å². The largest absolute Gasteiger partial charge is 0.481 e. The highest BCUT2D eigenvalue weighted by atomic mass is 32.2. The molecule has 2 aromatic heterocycles. The van der Waals surface area contributed by atoms with Gasteiger partial charge in [-0.1, -0.05) is 178 Å². The standard InChI is InChI=1S/2C54H53N11O9S/c2*1-31-25-36-16-15-35-11-3-4-12-38(35)50(36)49(31)51-39-26-33(9-5-7-23-58-63-56)13-19-43(39)75-44-20-14-34(27-40(44)51)10-6-8-24-65-30-37(62-64-65)17-21-45(66)61-42(28-48(70)71)53(73)57-29-46(67)60-41(18-22-47(68)69)54(74)59-32(2)52(55)72/h2*3-4,11-16,19-20,26-27,30-32,41-42H,7-8,17-18,21-25,28-29H2,1-2H3,(H2,55,72)(H,57,73)(H,59,74)(H,60,67)(H,61,66)(H,68,69)(H,70,71)/b51-49+;51-49-/t31-,32+,41+,42+;31?,32-,41-,42-/m10/s1. The Labute approximate surface area is 868 Å². The number of fused-ring (bicyclic) bond motifs is 10. The van der Waals surface area contributed by atoms with Crippen molar-refractivity contribution in [3.63, 3.8) is 0 Å². The fourth-order valence-electron chi connectivity index (χ4n) is 17.5. The van der Waals surface area contributed by atoms with Crippen molar-refractivity contribution in [1.29, 1.82) is 0 Å². The number of carbonyl (C=O) groups excluding carboxylic acids is 10. The molecule has 0 spiro atoms. The fourth-order valence-corrected chi connectivity index (χ4v) is 19.6. The molecule has 0 bridgehead atoms. The first-order chi connectivity index (χ1) is 72.1. The normalized spacial score (nSPS) is 15.1. The maximum atomic E-state index is 13.0. The number of carboxylic acid groups (broad SMARTS) is 4. The molecule has 42 heteroatoms. The lowest BCUT2D eigenvalue weighted by atomic mass is 9.84. The van der Waals surface area contributed by atoms with Crippen molar-refractivity contribution in [2.45, 2.75) is 199 Å². The number of allylic oxidation sites excluding steroid dienone is 2. The molecule has 0 saturated carbocycles. The number of nitrogens with one attached hydrogen (secondary N) is 8. The van der Waals surface area contributed by atoms with Gasteiger partial charge in [0.25, 0.3) is 0 Å². The molecule has 0 saturated heterocycles. The smallest absolute Gasteiger partial charge is 0.305 e. The lowest BCUT2D eigenvalue weighted by Crippen LogP contribution is -2.54. The Hall–Kier alpha value is -17.8. The van der Waals surface area contributed by atoms with Gasteiger partial charge in [0.2, 0.25) is 59.1 Å². The van der Waals surface area contributed by atoms with E-state index >= 15 is 0 Å². The molecule has 1 unspecified atom stereocenters. The van der Waals surface area contributed by atoms with E-state index < -0.39 is 158 Å². The Kier molecular flexibility index (Phi) is 38.1. The third-order valence-electron chi connectivity index (χ3n) is 24.7. The van der Waals surface area contributed by atoms with E-state index in [1.54, 1.807) is 45.3 Å². The molecule has 2 aliphatic heterocycles. The predicted molar refractivity (Wildman–Crippen MR) is 556 cm³/mol. The Morgan fingerprint density at radius 3 is 1.12 bits per heavy atom. The van der Waals surface area contributed by atoms with Gasteiger partial charge in [-0.05, 0) is 224 Å². The van der Waals surface area contributed by atoms with Crippen LogP contribution in [0.2, 0.25) is 0 Å². The first kappa shape index (κ1) is 109. The average molecular weight is 2060 g/mol. The van der Waals surface area contributed by atoms with Crippen LogP contribution in [-0.2, 0) is 106 Å². The van der Waals surface area contributed by atoms with Crippen molar-refractivity contribution in [3.8, 4) is 47.4 Å². The van der Waals surface area contributed by atoms with Crippen molar-refractivity contribution in [3.05, 3.63) is 257 Å². The number of hydrogen-bond donors (Lipinski definition) is 14. The van der Waals surface area contributed by atoms with E-state index in [4.69, 9.17) is 32.7 Å². The summed E-state index contributed by atoms with van der Waals surface area (Å²) in [7, 11) is 0. The second-order valence-corrected chi connectivity index (χ2v) is 37.9. The maximum absolute atomic E-state index is 13.0. The van der Waals surface area contributed by atoms with Crippen molar-refractivity contribution < 1.29 is 87.5 Å². The highest BCUT2D eigenvalue weighted by molar-refractivity contribution is 7.99. The third-order valence-corrected chi connectivity index (χ3v) is 27.0. The molecule has 10 amide bonds. The van der Waals surface area contributed by atoms with E-state index in [1.807, 2.05) is 24.3 Å². The molecule has 2 aliphatic carbocycles. The van der Waals surface area contributed by atoms with Crippen LogP contribution in [0, 0.1) is 59.2 Å². The van der Waals surface area contributed by atoms with Gasteiger partial charge in [-0.25, -0.2) is 0 Å². The minimum atomic E-state index is -1.57. The molecular weight excluding hydrogens is 1960 g/mol. The van der Waals surface area contributed by atoms with E-state index in [2.05, 4.69) is 266 Å². The van der Waals surface area contributed by atoms with Crippen LogP contribution in [0.25, 0.3) is 64.7 Å². The number of amides is 10. The summed E-state index contributed by atoms with van der Waals surface area (Å²) in [5.41, 5.74) is 46.6. The molecular formula is C108H106N22O18S2. The highest BCUT2D eigenvalue weighted by Gasteiger charge is 2.38. The van der Waals surface area contributed by atoms with Crippen molar-refractivity contribution >= 4 is 150 Å². The topological polar surface area (TPSA) is 627 Å². The van der Waals surface area contributed by atoms with Gasteiger partial charge in [-0.15, -0.1) is 10.2 Å². The highest BCUT2D eigenvalue weighted by Crippen LogP contribution is 2.56. The number of nitrogens with zero attached hydrogens (tertiary/aromatic N) is 12. The number of benzene rings is 8. The summed E-state index contributed by atoms with van der Waals surface area (Å²) in [6, 6.07) is 43.0. The fraction of sp³-hybridized carbons (Fsp3) is 0.315. The van der Waals surface area contributed by atoms with Crippen LogP contribution in [0.3, 0.4) is 0 Å². The maximum Gasteiger partial charge on any atom is 0.305 e. The minimum Gasteiger partial charge on any atom is -0.481 e. The summed E-state index contributed by atoms with van der Waals surface area (Å²) in [5, 5.41) is 84.0. The van der Waals surface area contributed by atoms with Gasteiger partial charge < -0.3 is 74.4 Å². The molecule has 0 fully saturated rings. The quantitative estimate of drug-likeness (QED) is 0.00558. The van der Waals surface area contributed by atoms with Gasteiger partial charge in [0.05, 0.1) is 50.4 Å². The lowest BCUT2D eigenvalue weighted by Gasteiger charge is -2.26. The summed E-state index contributed by atoms with van der Waals surface area (Å²) in [4.78, 5) is 181. The number of azide groups is 2. The van der Waals surface area contributed by atoms with Crippen molar-refractivity contribution in [2.75, 3.05) is 26.2 Å². The summed E-state index contributed by atoms with van der Waals surface area (Å²) < 4.78 is 3.20. The molecule has 0 radical (unpaired) electrons. The Morgan fingerprint density at radius 2 is 0.780 bits per heavy atom. The molecule has 8 atom stereocenters. The minimum absolute atomic E-state index is 0.105.